The van der Waals surface area contributed by atoms with Crippen LogP contribution in [0.1, 0.15) is 12.5 Å². The second-order valence-electron chi connectivity index (χ2n) is 4.00. The molecule has 0 saturated heterocycles. The summed E-state index contributed by atoms with van der Waals surface area (Å²) in [6.45, 7) is 2.74. The monoisotopic (exact) mass is 226 g/mol. The molecule has 2 rings (SSSR count). The van der Waals surface area contributed by atoms with Gasteiger partial charge in [0.15, 0.2) is 0 Å². The van der Waals surface area contributed by atoms with Gasteiger partial charge in [0, 0.05) is 12.0 Å². The molecule has 2 nitrogen and oxygen atoms in total. The van der Waals surface area contributed by atoms with Gasteiger partial charge in [0.1, 0.15) is 5.82 Å². The Bertz CT molecular complexity index is 431. The van der Waals surface area contributed by atoms with Crippen molar-refractivity contribution in [3.8, 4) is 0 Å². The Kier molecular flexibility index (Phi) is 2.35. The maximum Gasteiger partial charge on any atom is 0.141 e. The average Bonchev–Trinajstić information content (AvgIpc) is 2.52. The summed E-state index contributed by atoms with van der Waals surface area (Å²) >= 11 is 5.74. The molecule has 0 fully saturated rings. The summed E-state index contributed by atoms with van der Waals surface area (Å²) in [4.78, 5) is 0. The number of rotatable bonds is 1. The molecule has 1 heterocycles. The summed E-state index contributed by atoms with van der Waals surface area (Å²) in [5.74, 6) is 0.255. The minimum Gasteiger partial charge on any atom is -0.386 e. The maximum atomic E-state index is 13.0. The van der Waals surface area contributed by atoms with E-state index in [1.807, 2.05) is 13.0 Å². The van der Waals surface area contributed by atoms with Gasteiger partial charge in [0.05, 0.1) is 10.8 Å². The summed E-state index contributed by atoms with van der Waals surface area (Å²) in [7, 11) is 0. The molecular formula is C11H12ClFN2. The number of nitrogens with one attached hydrogen (secondary N) is 1. The van der Waals surface area contributed by atoms with Crippen LogP contribution in [-0.2, 0) is 5.41 Å². The lowest BCUT2D eigenvalue weighted by molar-refractivity contribution is 0.593. The van der Waals surface area contributed by atoms with Crippen molar-refractivity contribution in [1.82, 2.24) is 5.32 Å². The SMILES string of the molecule is C[C@@]1(c2ccc(F)c(Cl)c2)C=C(N)NC1. The molecule has 4 heteroatoms. The molecule has 0 aromatic heterocycles. The zero-order valence-corrected chi connectivity index (χ0v) is 9.11. The van der Waals surface area contributed by atoms with Crippen molar-refractivity contribution in [3.63, 3.8) is 0 Å². The molecular weight excluding hydrogens is 215 g/mol. The Morgan fingerprint density at radius 3 is 2.80 bits per heavy atom. The maximum absolute atomic E-state index is 13.0. The quantitative estimate of drug-likeness (QED) is 0.770. The van der Waals surface area contributed by atoms with E-state index < -0.39 is 5.82 Å². The third-order valence-electron chi connectivity index (χ3n) is 2.71. The molecule has 80 valence electrons. The fourth-order valence-corrected chi connectivity index (χ4v) is 1.95. The van der Waals surface area contributed by atoms with E-state index in [2.05, 4.69) is 5.32 Å². The van der Waals surface area contributed by atoms with Gasteiger partial charge in [-0.25, -0.2) is 4.39 Å². The first kappa shape index (κ1) is 10.3. The third kappa shape index (κ3) is 1.79. The summed E-state index contributed by atoms with van der Waals surface area (Å²) in [6.07, 6.45) is 1.93. The minimum absolute atomic E-state index is 0.146. The summed E-state index contributed by atoms with van der Waals surface area (Å²) in [5, 5.41) is 3.19. The highest BCUT2D eigenvalue weighted by Gasteiger charge is 2.29. The van der Waals surface area contributed by atoms with E-state index in [1.54, 1.807) is 12.1 Å². The zero-order valence-electron chi connectivity index (χ0n) is 8.35. The van der Waals surface area contributed by atoms with Crippen molar-refractivity contribution in [2.45, 2.75) is 12.3 Å². The molecule has 0 unspecified atom stereocenters. The van der Waals surface area contributed by atoms with Crippen LogP contribution < -0.4 is 11.1 Å². The molecule has 3 N–H and O–H groups in total. The Balaban J connectivity index is 2.42. The molecule has 0 bridgehead atoms. The normalized spacial score (nSPS) is 24.9. The van der Waals surface area contributed by atoms with E-state index in [0.29, 0.717) is 12.4 Å². The second-order valence-corrected chi connectivity index (χ2v) is 4.41. The van der Waals surface area contributed by atoms with E-state index in [1.165, 1.54) is 6.07 Å². The van der Waals surface area contributed by atoms with Crippen molar-refractivity contribution in [2.75, 3.05) is 6.54 Å². The van der Waals surface area contributed by atoms with Gasteiger partial charge in [-0.15, -0.1) is 0 Å². The van der Waals surface area contributed by atoms with Gasteiger partial charge in [0.2, 0.25) is 0 Å². The first-order valence-corrected chi connectivity index (χ1v) is 5.07. The van der Waals surface area contributed by atoms with Crippen LogP contribution in [0.15, 0.2) is 30.1 Å². The van der Waals surface area contributed by atoms with Crippen molar-refractivity contribution >= 4 is 11.6 Å². The van der Waals surface area contributed by atoms with Gasteiger partial charge in [-0.3, -0.25) is 0 Å². The van der Waals surface area contributed by atoms with Gasteiger partial charge in [0.25, 0.3) is 0 Å². The molecule has 0 amide bonds. The van der Waals surface area contributed by atoms with Gasteiger partial charge in [-0.2, -0.15) is 0 Å². The highest BCUT2D eigenvalue weighted by molar-refractivity contribution is 6.30. The van der Waals surface area contributed by atoms with Crippen molar-refractivity contribution in [3.05, 3.63) is 46.5 Å². The molecule has 1 aromatic carbocycles. The topological polar surface area (TPSA) is 38.0 Å². The molecule has 0 saturated carbocycles. The van der Waals surface area contributed by atoms with Crippen molar-refractivity contribution < 1.29 is 4.39 Å². The molecule has 0 aliphatic carbocycles. The molecule has 1 aromatic rings. The Hall–Kier alpha value is -1.22. The fourth-order valence-electron chi connectivity index (χ4n) is 1.77. The number of hydrogen-bond acceptors (Lipinski definition) is 2. The lowest BCUT2D eigenvalue weighted by Gasteiger charge is -2.21. The van der Waals surface area contributed by atoms with E-state index in [9.17, 15) is 4.39 Å². The van der Waals surface area contributed by atoms with Crippen LogP contribution >= 0.6 is 11.6 Å². The molecule has 1 atom stereocenters. The van der Waals surface area contributed by atoms with Crippen LogP contribution in [0.4, 0.5) is 4.39 Å². The smallest absolute Gasteiger partial charge is 0.141 e. The van der Waals surface area contributed by atoms with Crippen LogP contribution in [0.25, 0.3) is 0 Å². The number of halogens is 2. The van der Waals surface area contributed by atoms with E-state index in [4.69, 9.17) is 17.3 Å². The second kappa shape index (κ2) is 3.42. The van der Waals surface area contributed by atoms with Crippen molar-refractivity contribution in [1.29, 1.82) is 0 Å². The molecule has 0 spiro atoms. The molecule has 1 aliphatic rings. The lowest BCUT2D eigenvalue weighted by Crippen LogP contribution is -2.26. The van der Waals surface area contributed by atoms with Crippen LogP contribution in [0.5, 0.6) is 0 Å². The van der Waals surface area contributed by atoms with Crippen LogP contribution in [0.3, 0.4) is 0 Å². The fraction of sp³-hybridized carbons (Fsp3) is 0.273. The Morgan fingerprint density at radius 2 is 2.27 bits per heavy atom. The summed E-state index contributed by atoms with van der Waals surface area (Å²) < 4.78 is 13.0. The first-order chi connectivity index (χ1) is 7.01. The van der Waals surface area contributed by atoms with Gasteiger partial charge in [-0.1, -0.05) is 24.6 Å². The number of benzene rings is 1. The highest BCUT2D eigenvalue weighted by atomic mass is 35.5. The lowest BCUT2D eigenvalue weighted by atomic mass is 9.84. The summed E-state index contributed by atoms with van der Waals surface area (Å²) in [5.41, 5.74) is 6.41. The predicted octanol–water partition coefficient (Wildman–Crippen LogP) is 2.14. The Labute approximate surface area is 92.9 Å². The molecule has 0 radical (unpaired) electrons. The number of hydrogen-bond donors (Lipinski definition) is 2. The van der Waals surface area contributed by atoms with Gasteiger partial charge < -0.3 is 11.1 Å². The minimum atomic E-state index is -0.396. The third-order valence-corrected chi connectivity index (χ3v) is 3.00. The van der Waals surface area contributed by atoms with Gasteiger partial charge in [-0.05, 0) is 23.8 Å². The van der Waals surface area contributed by atoms with Gasteiger partial charge >= 0.3 is 0 Å². The predicted molar refractivity (Wildman–Crippen MR) is 59.0 cm³/mol. The molecule has 1 aliphatic heterocycles. The Morgan fingerprint density at radius 1 is 1.53 bits per heavy atom. The number of nitrogens with two attached hydrogens (primary N) is 1. The molecule has 15 heavy (non-hydrogen) atoms. The van der Waals surface area contributed by atoms with Crippen LogP contribution in [0.2, 0.25) is 5.02 Å². The average molecular weight is 227 g/mol. The van der Waals surface area contributed by atoms with Crippen LogP contribution in [-0.4, -0.2) is 6.54 Å². The first-order valence-electron chi connectivity index (χ1n) is 4.69. The summed E-state index contributed by atoms with van der Waals surface area (Å²) in [6, 6.07) is 4.76. The largest absolute Gasteiger partial charge is 0.386 e. The zero-order chi connectivity index (χ0) is 11.1. The van der Waals surface area contributed by atoms with E-state index >= 15 is 0 Å². The highest BCUT2D eigenvalue weighted by Crippen LogP contribution is 2.31. The van der Waals surface area contributed by atoms with E-state index in [-0.39, 0.29) is 10.4 Å². The van der Waals surface area contributed by atoms with E-state index in [0.717, 1.165) is 5.56 Å². The van der Waals surface area contributed by atoms with Crippen molar-refractivity contribution in [2.24, 2.45) is 5.73 Å². The standard InChI is InChI=1S/C11H12ClFN2/c1-11(5-10(14)15-6-11)7-2-3-9(13)8(12)4-7/h2-5,15H,6,14H2,1H3/t11-/m1/s1. The van der Waals surface area contributed by atoms with Crippen LogP contribution in [0, 0.1) is 5.82 Å².